The minimum Gasteiger partial charge on any atom is -0.363 e. The number of carbonyl (C=O) groups is 1. The molecule has 1 amide bonds. The molecule has 10 heteroatoms. The van der Waals surface area contributed by atoms with Gasteiger partial charge in [0.1, 0.15) is 11.4 Å². The normalized spacial score (nSPS) is 18.6. The summed E-state index contributed by atoms with van der Waals surface area (Å²) >= 11 is 5.95. The minimum absolute atomic E-state index is 0.00457. The molecular formula is C19H15ClF3N5O. The first-order chi connectivity index (χ1) is 13.8. The van der Waals surface area contributed by atoms with E-state index in [0.717, 1.165) is 10.9 Å². The summed E-state index contributed by atoms with van der Waals surface area (Å²) in [4.78, 5) is 16.6. The zero-order valence-corrected chi connectivity index (χ0v) is 15.6. The van der Waals surface area contributed by atoms with Crippen LogP contribution in [-0.2, 0) is 0 Å². The highest BCUT2D eigenvalue weighted by atomic mass is 35.5. The third-order valence-corrected chi connectivity index (χ3v) is 4.99. The monoisotopic (exact) mass is 421 g/mol. The molecule has 0 saturated carbocycles. The summed E-state index contributed by atoms with van der Waals surface area (Å²) in [5.41, 5.74) is 0.928. The fraction of sp³-hybridized carbons (Fsp3) is 0.211. The van der Waals surface area contributed by atoms with Crippen LogP contribution in [-0.4, -0.2) is 26.8 Å². The van der Waals surface area contributed by atoms with Crippen molar-refractivity contribution in [2.24, 2.45) is 0 Å². The van der Waals surface area contributed by atoms with Gasteiger partial charge in [0.05, 0.1) is 17.9 Å². The van der Waals surface area contributed by atoms with Crippen LogP contribution in [0.5, 0.6) is 0 Å². The molecule has 29 heavy (non-hydrogen) atoms. The van der Waals surface area contributed by atoms with E-state index in [0.29, 0.717) is 5.56 Å². The summed E-state index contributed by atoms with van der Waals surface area (Å²) in [7, 11) is 0. The molecular weight excluding hydrogens is 407 g/mol. The lowest BCUT2D eigenvalue weighted by Gasteiger charge is -2.34. The highest BCUT2D eigenvalue weighted by molar-refractivity contribution is 6.32. The lowest BCUT2D eigenvalue weighted by molar-refractivity contribution is -0.173. The second kappa shape index (κ2) is 7.40. The summed E-state index contributed by atoms with van der Waals surface area (Å²) in [5.74, 6) is -0.631. The third kappa shape index (κ3) is 3.77. The van der Waals surface area contributed by atoms with Gasteiger partial charge in [0.2, 0.25) is 0 Å². The summed E-state index contributed by atoms with van der Waals surface area (Å²) in [6.07, 6.45) is -2.18. The Morgan fingerprint density at radius 2 is 1.97 bits per heavy atom. The lowest BCUT2D eigenvalue weighted by atomic mass is 9.96. The van der Waals surface area contributed by atoms with Crippen LogP contribution >= 0.6 is 11.6 Å². The second-order valence-electron chi connectivity index (χ2n) is 6.55. The first kappa shape index (κ1) is 19.3. The van der Waals surface area contributed by atoms with Crippen molar-refractivity contribution in [1.82, 2.24) is 14.8 Å². The van der Waals surface area contributed by atoms with Crippen molar-refractivity contribution in [3.63, 3.8) is 0 Å². The highest BCUT2D eigenvalue weighted by Crippen LogP contribution is 2.44. The number of hydrogen-bond donors (Lipinski definition) is 2. The number of rotatable bonds is 3. The van der Waals surface area contributed by atoms with E-state index >= 15 is 0 Å². The van der Waals surface area contributed by atoms with Gasteiger partial charge < -0.3 is 10.6 Å². The minimum atomic E-state index is -4.52. The Morgan fingerprint density at radius 1 is 1.21 bits per heavy atom. The zero-order valence-electron chi connectivity index (χ0n) is 14.8. The number of halogens is 4. The largest absolute Gasteiger partial charge is 0.410 e. The first-order valence-electron chi connectivity index (χ1n) is 8.72. The number of nitrogens with zero attached hydrogens (tertiary/aromatic N) is 3. The predicted molar refractivity (Wildman–Crippen MR) is 102 cm³/mol. The molecule has 0 bridgehead atoms. The molecule has 4 rings (SSSR count). The Hall–Kier alpha value is -3.07. The maximum atomic E-state index is 13.7. The molecule has 6 nitrogen and oxygen atoms in total. The maximum Gasteiger partial charge on any atom is 0.410 e. The quantitative estimate of drug-likeness (QED) is 0.593. The van der Waals surface area contributed by atoms with Crippen molar-refractivity contribution in [2.45, 2.75) is 24.7 Å². The molecule has 0 saturated heterocycles. The van der Waals surface area contributed by atoms with Gasteiger partial charge in [-0.15, -0.1) is 0 Å². The van der Waals surface area contributed by atoms with Gasteiger partial charge in [-0.25, -0.2) is 9.67 Å². The maximum absolute atomic E-state index is 13.7. The number of pyridine rings is 1. The molecule has 0 spiro atoms. The van der Waals surface area contributed by atoms with Crippen LogP contribution in [0.4, 0.5) is 24.7 Å². The van der Waals surface area contributed by atoms with Crippen molar-refractivity contribution < 1.29 is 18.0 Å². The zero-order chi connectivity index (χ0) is 20.6. The first-order valence-corrected chi connectivity index (χ1v) is 9.10. The molecule has 2 atom stereocenters. The molecule has 2 aromatic heterocycles. The van der Waals surface area contributed by atoms with Crippen molar-refractivity contribution in [3.8, 4) is 0 Å². The number of anilines is 2. The highest BCUT2D eigenvalue weighted by Gasteiger charge is 2.47. The number of hydrogen-bond acceptors (Lipinski definition) is 4. The second-order valence-corrected chi connectivity index (χ2v) is 6.91. The molecule has 0 fully saturated rings. The lowest BCUT2D eigenvalue weighted by Crippen LogP contribution is -2.36. The fourth-order valence-corrected chi connectivity index (χ4v) is 3.47. The van der Waals surface area contributed by atoms with Gasteiger partial charge in [-0.3, -0.25) is 4.79 Å². The van der Waals surface area contributed by atoms with Crippen LogP contribution < -0.4 is 10.6 Å². The number of carbonyl (C=O) groups excluding carboxylic acids is 1. The summed E-state index contributed by atoms with van der Waals surface area (Å²) in [5, 5.41) is 9.52. The molecule has 1 aromatic carbocycles. The Bertz CT molecular complexity index is 1040. The average Bonchev–Trinajstić information content (AvgIpc) is 3.13. The van der Waals surface area contributed by atoms with E-state index in [4.69, 9.17) is 11.6 Å². The number of nitrogens with one attached hydrogen (secondary N) is 2. The van der Waals surface area contributed by atoms with Gasteiger partial charge in [-0.2, -0.15) is 18.3 Å². The van der Waals surface area contributed by atoms with E-state index in [1.165, 1.54) is 6.20 Å². The molecule has 3 aromatic rings. The molecule has 3 heterocycles. The van der Waals surface area contributed by atoms with Crippen LogP contribution in [0.3, 0.4) is 0 Å². The molecule has 150 valence electrons. The van der Waals surface area contributed by atoms with Gasteiger partial charge in [0.15, 0.2) is 11.2 Å². The van der Waals surface area contributed by atoms with Crippen LogP contribution in [0.15, 0.2) is 54.9 Å². The van der Waals surface area contributed by atoms with Crippen molar-refractivity contribution in [1.29, 1.82) is 0 Å². The topological polar surface area (TPSA) is 71.8 Å². The molecule has 0 aliphatic carbocycles. The smallest absolute Gasteiger partial charge is 0.363 e. The Morgan fingerprint density at radius 3 is 2.66 bits per heavy atom. The Kier molecular flexibility index (Phi) is 4.91. The average molecular weight is 422 g/mol. The van der Waals surface area contributed by atoms with Gasteiger partial charge >= 0.3 is 6.18 Å². The number of amides is 1. The summed E-state index contributed by atoms with van der Waals surface area (Å²) < 4.78 is 41.9. The van der Waals surface area contributed by atoms with Gasteiger partial charge in [0.25, 0.3) is 5.91 Å². The molecule has 2 N–H and O–H groups in total. The molecule has 1 aliphatic heterocycles. The van der Waals surface area contributed by atoms with E-state index in [1.54, 1.807) is 42.5 Å². The van der Waals surface area contributed by atoms with Gasteiger partial charge in [0, 0.05) is 12.6 Å². The van der Waals surface area contributed by atoms with E-state index in [2.05, 4.69) is 20.7 Å². The van der Waals surface area contributed by atoms with Crippen molar-refractivity contribution in [3.05, 3.63) is 71.1 Å². The van der Waals surface area contributed by atoms with Crippen LogP contribution in [0.25, 0.3) is 0 Å². The van der Waals surface area contributed by atoms with Crippen molar-refractivity contribution >= 4 is 29.0 Å². The van der Waals surface area contributed by atoms with Crippen LogP contribution in [0.1, 0.15) is 34.4 Å². The van der Waals surface area contributed by atoms with E-state index in [-0.39, 0.29) is 28.6 Å². The molecule has 0 unspecified atom stereocenters. The predicted octanol–water partition coefficient (Wildman–Crippen LogP) is 4.84. The van der Waals surface area contributed by atoms with Crippen molar-refractivity contribution in [2.75, 3.05) is 10.6 Å². The summed E-state index contributed by atoms with van der Waals surface area (Å²) in [6, 6.07) is 9.42. The van der Waals surface area contributed by atoms with Crippen LogP contribution in [0, 0.1) is 0 Å². The van der Waals surface area contributed by atoms with Gasteiger partial charge in [-0.05, 0) is 17.7 Å². The number of benzene rings is 1. The van der Waals surface area contributed by atoms with Crippen LogP contribution in [0.2, 0.25) is 5.15 Å². The van der Waals surface area contributed by atoms with Gasteiger partial charge in [-0.1, -0.05) is 41.9 Å². The summed E-state index contributed by atoms with van der Waals surface area (Å²) in [6.45, 7) is 0. The fourth-order valence-electron chi connectivity index (χ4n) is 3.30. The van der Waals surface area contributed by atoms with E-state index in [9.17, 15) is 18.0 Å². The number of alkyl halides is 3. The Balaban J connectivity index is 1.70. The van der Waals surface area contributed by atoms with E-state index in [1.807, 2.05) is 0 Å². The third-order valence-electron chi connectivity index (χ3n) is 4.69. The van der Waals surface area contributed by atoms with E-state index < -0.39 is 24.2 Å². The molecule has 1 aliphatic rings. The Labute approximate surface area is 168 Å². The number of fused-ring (bicyclic) bond motifs is 1. The SMILES string of the molecule is O=C(Nc1cccnc1Cl)c1cnn2c1N[C@H](c1ccccc1)C[C@@H]2C(F)(F)F. The standard InChI is InChI=1S/C19H15ClF3N5O/c20-16-13(7-4-8-24-16)27-18(29)12-10-25-28-15(19(21,22)23)9-14(26-17(12)28)11-5-2-1-3-6-11/h1-8,10,14-15,26H,9H2,(H,27,29)/t14-,15+/m0/s1. The number of aromatic nitrogens is 3. The molecule has 0 radical (unpaired) electrons.